The summed E-state index contributed by atoms with van der Waals surface area (Å²) in [4.78, 5) is 4.93. The molecule has 1 N–H and O–H groups in total. The first-order valence-electron chi connectivity index (χ1n) is 6.38. The van der Waals surface area contributed by atoms with Gasteiger partial charge in [0.2, 0.25) is 0 Å². The Bertz CT molecular complexity index is 187. The van der Waals surface area contributed by atoms with Gasteiger partial charge >= 0.3 is 0 Å². The number of piperidine rings is 1. The molecule has 1 unspecified atom stereocenters. The first kappa shape index (κ1) is 11.4. The largest absolute Gasteiger partial charge is 0.312 e. The van der Waals surface area contributed by atoms with E-state index in [1.54, 1.807) is 0 Å². The van der Waals surface area contributed by atoms with Gasteiger partial charge in [-0.05, 0) is 59.4 Å². The average Bonchev–Trinajstić information content (AvgIpc) is 2.63. The van der Waals surface area contributed by atoms with Gasteiger partial charge in [-0.25, -0.2) is 0 Å². The Morgan fingerprint density at radius 1 is 1.07 bits per heavy atom. The predicted molar refractivity (Wildman–Crippen MR) is 64.2 cm³/mol. The van der Waals surface area contributed by atoms with E-state index in [0.717, 1.165) is 12.1 Å². The van der Waals surface area contributed by atoms with Crippen LogP contribution in [-0.2, 0) is 0 Å². The Hall–Kier alpha value is -0.120. The molecule has 0 aromatic carbocycles. The normalized spacial score (nSPS) is 31.2. The van der Waals surface area contributed by atoms with E-state index in [2.05, 4.69) is 29.2 Å². The molecule has 2 rings (SSSR count). The molecule has 15 heavy (non-hydrogen) atoms. The molecule has 3 nitrogen and oxygen atoms in total. The van der Waals surface area contributed by atoms with Crippen LogP contribution in [0, 0.1) is 0 Å². The van der Waals surface area contributed by atoms with Crippen LogP contribution in [0.1, 0.15) is 25.7 Å². The molecule has 0 aromatic heterocycles. The fraction of sp³-hybridized carbons (Fsp3) is 1.00. The molecule has 0 radical (unpaired) electrons. The Morgan fingerprint density at radius 3 is 2.40 bits per heavy atom. The first-order valence-corrected chi connectivity index (χ1v) is 6.38. The maximum Gasteiger partial charge on any atom is 0.0218 e. The molecule has 3 heteroatoms. The van der Waals surface area contributed by atoms with Gasteiger partial charge in [0, 0.05) is 18.6 Å². The summed E-state index contributed by atoms with van der Waals surface area (Å²) in [6, 6.07) is 1.57. The summed E-state index contributed by atoms with van der Waals surface area (Å²) >= 11 is 0. The second-order valence-electron chi connectivity index (χ2n) is 5.26. The maximum atomic E-state index is 3.75. The van der Waals surface area contributed by atoms with E-state index in [1.165, 1.54) is 51.9 Å². The highest BCUT2D eigenvalue weighted by molar-refractivity contribution is 4.82. The van der Waals surface area contributed by atoms with Gasteiger partial charge in [-0.15, -0.1) is 0 Å². The summed E-state index contributed by atoms with van der Waals surface area (Å²) in [5.41, 5.74) is 0. The molecular weight excluding hydrogens is 186 g/mol. The maximum absolute atomic E-state index is 3.75. The molecule has 2 fully saturated rings. The van der Waals surface area contributed by atoms with Crippen LogP contribution in [0.15, 0.2) is 0 Å². The Balaban J connectivity index is 1.65. The number of likely N-dealkylation sites (tertiary alicyclic amines) is 2. The molecule has 0 amide bonds. The van der Waals surface area contributed by atoms with Gasteiger partial charge in [-0.2, -0.15) is 0 Å². The fourth-order valence-electron chi connectivity index (χ4n) is 2.75. The quantitative estimate of drug-likeness (QED) is 0.744. The monoisotopic (exact) mass is 211 g/mol. The van der Waals surface area contributed by atoms with Crippen molar-refractivity contribution < 1.29 is 0 Å². The third-order valence-electron chi connectivity index (χ3n) is 4.03. The van der Waals surface area contributed by atoms with Crippen LogP contribution in [0.5, 0.6) is 0 Å². The summed E-state index contributed by atoms with van der Waals surface area (Å²) in [5.74, 6) is 0. The molecule has 2 aliphatic rings. The number of nitrogens with zero attached hydrogens (tertiary/aromatic N) is 2. The molecule has 2 saturated heterocycles. The predicted octanol–water partition coefficient (Wildman–Crippen LogP) is 0.764. The third kappa shape index (κ3) is 3.16. The molecule has 0 bridgehead atoms. The molecule has 2 aliphatic heterocycles. The number of likely N-dealkylation sites (N-methyl/N-ethyl adjacent to an activating group) is 1. The average molecular weight is 211 g/mol. The van der Waals surface area contributed by atoms with Gasteiger partial charge in [-0.3, -0.25) is 0 Å². The third-order valence-corrected chi connectivity index (χ3v) is 4.03. The van der Waals surface area contributed by atoms with Gasteiger partial charge in [-0.1, -0.05) is 0 Å². The van der Waals surface area contributed by atoms with E-state index >= 15 is 0 Å². The minimum atomic E-state index is 0.773. The van der Waals surface area contributed by atoms with E-state index in [4.69, 9.17) is 0 Å². The molecule has 88 valence electrons. The van der Waals surface area contributed by atoms with Gasteiger partial charge < -0.3 is 15.1 Å². The minimum absolute atomic E-state index is 0.773. The van der Waals surface area contributed by atoms with Crippen LogP contribution in [0.25, 0.3) is 0 Å². The Labute approximate surface area is 93.8 Å². The molecule has 0 saturated carbocycles. The van der Waals surface area contributed by atoms with E-state index in [0.29, 0.717) is 0 Å². The summed E-state index contributed by atoms with van der Waals surface area (Å²) in [7, 11) is 4.48. The molecule has 2 heterocycles. The second kappa shape index (κ2) is 5.28. The van der Waals surface area contributed by atoms with E-state index < -0.39 is 0 Å². The molecule has 0 aliphatic carbocycles. The van der Waals surface area contributed by atoms with Gasteiger partial charge in [0.05, 0.1) is 0 Å². The lowest BCUT2D eigenvalue weighted by molar-refractivity contribution is 0.220. The molecular formula is C12H25N3. The molecule has 1 atom stereocenters. The van der Waals surface area contributed by atoms with Crippen LogP contribution in [0.3, 0.4) is 0 Å². The standard InChI is InChI=1S/C12H25N3/c1-14-8-5-11(6-9-14)13-10-12-4-3-7-15(12)2/h11-13H,3-10H2,1-2H3. The Kier molecular flexibility index (Phi) is 4.00. The molecule has 0 spiro atoms. The first-order chi connectivity index (χ1) is 7.25. The smallest absolute Gasteiger partial charge is 0.0218 e. The second-order valence-corrected chi connectivity index (χ2v) is 5.26. The van der Waals surface area contributed by atoms with Crippen molar-refractivity contribution in [1.29, 1.82) is 0 Å². The highest BCUT2D eigenvalue weighted by atomic mass is 15.2. The van der Waals surface area contributed by atoms with Crippen molar-refractivity contribution in [2.75, 3.05) is 40.3 Å². The highest BCUT2D eigenvalue weighted by Crippen LogP contribution is 2.15. The molecule has 0 aromatic rings. The van der Waals surface area contributed by atoms with Crippen molar-refractivity contribution in [2.45, 2.75) is 37.8 Å². The van der Waals surface area contributed by atoms with Crippen molar-refractivity contribution in [2.24, 2.45) is 0 Å². The fourth-order valence-corrected chi connectivity index (χ4v) is 2.75. The summed E-state index contributed by atoms with van der Waals surface area (Å²) in [6.45, 7) is 5.01. The van der Waals surface area contributed by atoms with Gasteiger partial charge in [0.15, 0.2) is 0 Å². The van der Waals surface area contributed by atoms with Crippen molar-refractivity contribution in [3.63, 3.8) is 0 Å². The van der Waals surface area contributed by atoms with Crippen molar-refractivity contribution in [1.82, 2.24) is 15.1 Å². The van der Waals surface area contributed by atoms with Crippen molar-refractivity contribution >= 4 is 0 Å². The zero-order valence-corrected chi connectivity index (χ0v) is 10.2. The van der Waals surface area contributed by atoms with Crippen LogP contribution >= 0.6 is 0 Å². The lowest BCUT2D eigenvalue weighted by Gasteiger charge is -2.31. The zero-order valence-electron chi connectivity index (χ0n) is 10.2. The van der Waals surface area contributed by atoms with E-state index in [-0.39, 0.29) is 0 Å². The van der Waals surface area contributed by atoms with Crippen LogP contribution in [0.4, 0.5) is 0 Å². The van der Waals surface area contributed by atoms with E-state index in [1.807, 2.05) is 0 Å². The van der Waals surface area contributed by atoms with Gasteiger partial charge in [0.25, 0.3) is 0 Å². The van der Waals surface area contributed by atoms with Crippen LogP contribution < -0.4 is 5.32 Å². The highest BCUT2D eigenvalue weighted by Gasteiger charge is 2.22. The number of hydrogen-bond acceptors (Lipinski definition) is 3. The SMILES string of the molecule is CN1CCC(NCC2CCCN2C)CC1. The lowest BCUT2D eigenvalue weighted by Crippen LogP contribution is -2.45. The Morgan fingerprint density at radius 2 is 1.80 bits per heavy atom. The van der Waals surface area contributed by atoms with Crippen LogP contribution in [0.2, 0.25) is 0 Å². The number of nitrogens with one attached hydrogen (secondary N) is 1. The summed E-state index contributed by atoms with van der Waals surface area (Å²) in [5, 5.41) is 3.75. The van der Waals surface area contributed by atoms with E-state index in [9.17, 15) is 0 Å². The number of hydrogen-bond donors (Lipinski definition) is 1. The summed E-state index contributed by atoms with van der Waals surface area (Å²) in [6.07, 6.45) is 5.42. The zero-order chi connectivity index (χ0) is 10.7. The minimum Gasteiger partial charge on any atom is -0.312 e. The van der Waals surface area contributed by atoms with Crippen LogP contribution in [-0.4, -0.2) is 62.2 Å². The van der Waals surface area contributed by atoms with Crippen molar-refractivity contribution in [3.8, 4) is 0 Å². The number of rotatable bonds is 3. The van der Waals surface area contributed by atoms with Gasteiger partial charge in [0.1, 0.15) is 0 Å². The van der Waals surface area contributed by atoms with Crippen molar-refractivity contribution in [3.05, 3.63) is 0 Å². The summed E-state index contributed by atoms with van der Waals surface area (Å²) < 4.78 is 0. The lowest BCUT2D eigenvalue weighted by atomic mass is 10.1. The topological polar surface area (TPSA) is 18.5 Å².